The minimum absolute atomic E-state index is 0.0288. The summed E-state index contributed by atoms with van der Waals surface area (Å²) in [7, 11) is -1.43. The number of sulfonamides is 2. The quantitative estimate of drug-likeness (QED) is 0.551. The SMILES string of the molecule is COc1ccc([C@@H](CNS(=O)(=O)c2cc(N3C(=O)CCS3(=O)=O)ccc2OC)N(C)C)cc1. The highest BCUT2D eigenvalue weighted by Crippen LogP contribution is 2.33. The van der Waals surface area contributed by atoms with Crippen LogP contribution in [0.25, 0.3) is 0 Å². The van der Waals surface area contributed by atoms with Crippen molar-refractivity contribution >= 4 is 31.6 Å². The zero-order chi connectivity index (χ0) is 24.4. The van der Waals surface area contributed by atoms with E-state index in [-0.39, 0.29) is 41.1 Å². The monoisotopic (exact) mass is 497 g/mol. The Morgan fingerprint density at radius 2 is 1.76 bits per heavy atom. The topological polar surface area (TPSA) is 122 Å². The lowest BCUT2D eigenvalue weighted by Gasteiger charge is -2.25. The van der Waals surface area contributed by atoms with Crippen molar-refractivity contribution in [3.05, 3.63) is 48.0 Å². The number of nitrogens with zero attached hydrogens (tertiary/aromatic N) is 2. The molecule has 0 radical (unpaired) electrons. The predicted octanol–water partition coefficient (Wildman–Crippen LogP) is 1.35. The number of amides is 1. The summed E-state index contributed by atoms with van der Waals surface area (Å²) in [6.45, 7) is 0.0377. The van der Waals surface area contributed by atoms with Crippen molar-refractivity contribution in [2.24, 2.45) is 0 Å². The zero-order valence-electron chi connectivity index (χ0n) is 18.8. The number of hydrogen-bond donors (Lipinski definition) is 1. The van der Waals surface area contributed by atoms with Gasteiger partial charge in [0.2, 0.25) is 26.0 Å². The molecule has 1 atom stereocenters. The molecule has 33 heavy (non-hydrogen) atoms. The van der Waals surface area contributed by atoms with Gasteiger partial charge in [-0.1, -0.05) is 12.1 Å². The van der Waals surface area contributed by atoms with Crippen molar-refractivity contribution in [1.29, 1.82) is 0 Å². The van der Waals surface area contributed by atoms with E-state index in [0.717, 1.165) is 11.6 Å². The fourth-order valence-corrected chi connectivity index (χ4v) is 6.24. The van der Waals surface area contributed by atoms with Gasteiger partial charge in [0.15, 0.2) is 0 Å². The normalized spacial score (nSPS) is 16.8. The maximum absolute atomic E-state index is 13.2. The van der Waals surface area contributed by atoms with Crippen molar-refractivity contribution in [2.75, 3.05) is 44.9 Å². The van der Waals surface area contributed by atoms with Gasteiger partial charge in [0.1, 0.15) is 16.4 Å². The van der Waals surface area contributed by atoms with Gasteiger partial charge < -0.3 is 14.4 Å². The molecule has 1 N–H and O–H groups in total. The third kappa shape index (κ3) is 5.29. The van der Waals surface area contributed by atoms with Crippen LogP contribution in [0.1, 0.15) is 18.0 Å². The average molecular weight is 498 g/mol. The van der Waals surface area contributed by atoms with E-state index in [2.05, 4.69) is 4.72 Å². The Bertz CT molecular complexity index is 1230. The van der Waals surface area contributed by atoms with Gasteiger partial charge in [-0.15, -0.1) is 0 Å². The smallest absolute Gasteiger partial charge is 0.244 e. The van der Waals surface area contributed by atoms with Gasteiger partial charge in [0.25, 0.3) is 0 Å². The van der Waals surface area contributed by atoms with Gasteiger partial charge in [-0.2, -0.15) is 0 Å². The number of carbonyl (C=O) groups excluding carboxylic acids is 1. The molecule has 0 unspecified atom stereocenters. The molecule has 1 amide bonds. The molecule has 0 aliphatic carbocycles. The van der Waals surface area contributed by atoms with E-state index >= 15 is 0 Å². The molecule has 1 heterocycles. The molecule has 2 aromatic rings. The first kappa shape index (κ1) is 25.0. The second-order valence-corrected chi connectivity index (χ2v) is 11.3. The highest BCUT2D eigenvalue weighted by Gasteiger charge is 2.37. The number of anilines is 1. The molecule has 12 heteroatoms. The molecular weight excluding hydrogens is 470 g/mol. The molecule has 0 spiro atoms. The Morgan fingerprint density at radius 3 is 2.27 bits per heavy atom. The molecule has 0 saturated carbocycles. The fourth-order valence-electron chi connectivity index (χ4n) is 3.56. The third-order valence-electron chi connectivity index (χ3n) is 5.34. The fraction of sp³-hybridized carbons (Fsp3) is 0.381. The number of rotatable bonds is 9. The Hall–Kier alpha value is -2.67. The van der Waals surface area contributed by atoms with Crippen LogP contribution < -0.4 is 18.5 Å². The van der Waals surface area contributed by atoms with E-state index in [1.165, 1.54) is 19.2 Å². The summed E-state index contributed by atoms with van der Waals surface area (Å²) in [5, 5.41) is 0. The van der Waals surface area contributed by atoms with Crippen LogP contribution in [0.5, 0.6) is 11.5 Å². The molecule has 1 aliphatic rings. The van der Waals surface area contributed by atoms with E-state index < -0.39 is 26.0 Å². The second-order valence-electron chi connectivity index (χ2n) is 7.66. The number of benzene rings is 2. The van der Waals surface area contributed by atoms with Gasteiger partial charge in [0.05, 0.1) is 25.7 Å². The van der Waals surface area contributed by atoms with Crippen LogP contribution in [0.3, 0.4) is 0 Å². The van der Waals surface area contributed by atoms with Crippen molar-refractivity contribution < 1.29 is 31.1 Å². The van der Waals surface area contributed by atoms with Crippen LogP contribution >= 0.6 is 0 Å². The minimum atomic E-state index is -4.12. The maximum Gasteiger partial charge on any atom is 0.244 e. The first-order chi connectivity index (χ1) is 15.5. The van der Waals surface area contributed by atoms with Gasteiger partial charge in [0, 0.05) is 19.0 Å². The lowest BCUT2D eigenvalue weighted by molar-refractivity contribution is -0.116. The molecule has 1 aliphatic heterocycles. The lowest BCUT2D eigenvalue weighted by atomic mass is 10.1. The van der Waals surface area contributed by atoms with Gasteiger partial charge in [-0.3, -0.25) is 4.79 Å². The second kappa shape index (κ2) is 9.67. The number of hydrogen-bond acceptors (Lipinski definition) is 8. The molecule has 0 aromatic heterocycles. The van der Waals surface area contributed by atoms with E-state index in [9.17, 15) is 21.6 Å². The van der Waals surface area contributed by atoms with Crippen LogP contribution in [0.2, 0.25) is 0 Å². The summed E-state index contributed by atoms with van der Waals surface area (Å²) in [6, 6.07) is 10.8. The molecule has 3 rings (SSSR count). The van der Waals surface area contributed by atoms with Crippen LogP contribution in [0.4, 0.5) is 5.69 Å². The Morgan fingerprint density at radius 1 is 1.09 bits per heavy atom. The van der Waals surface area contributed by atoms with Gasteiger partial charge >= 0.3 is 0 Å². The largest absolute Gasteiger partial charge is 0.497 e. The Balaban J connectivity index is 1.91. The molecule has 2 aromatic carbocycles. The molecular formula is C21H27N3O7S2. The van der Waals surface area contributed by atoms with Crippen molar-refractivity contribution in [2.45, 2.75) is 17.4 Å². The van der Waals surface area contributed by atoms with Gasteiger partial charge in [-0.05, 0) is 50.0 Å². The number of carbonyl (C=O) groups is 1. The first-order valence-corrected chi connectivity index (χ1v) is 13.1. The Kier molecular flexibility index (Phi) is 7.32. The highest BCUT2D eigenvalue weighted by atomic mass is 32.2. The summed E-state index contributed by atoms with van der Waals surface area (Å²) in [5.74, 6) is -0.209. The molecule has 0 bridgehead atoms. The highest BCUT2D eigenvalue weighted by molar-refractivity contribution is 7.94. The van der Waals surface area contributed by atoms with Crippen LogP contribution in [0, 0.1) is 0 Å². The van der Waals surface area contributed by atoms with E-state index in [1.807, 2.05) is 31.1 Å². The Labute approximate surface area is 194 Å². The standard InChI is InChI=1S/C21H27N3O7S2/c1-23(2)18(15-5-8-17(30-3)9-6-15)14-22-33(28,29)20-13-16(7-10-19(20)31-4)24-21(25)11-12-32(24,26)27/h5-10,13,18,22H,11-12,14H2,1-4H3/t18-/m1/s1. The minimum Gasteiger partial charge on any atom is -0.497 e. The summed E-state index contributed by atoms with van der Waals surface area (Å²) < 4.78 is 64.5. The molecule has 180 valence electrons. The lowest BCUT2D eigenvalue weighted by Crippen LogP contribution is -2.35. The molecule has 1 fully saturated rings. The number of ether oxygens (including phenoxy) is 2. The predicted molar refractivity (Wildman–Crippen MR) is 123 cm³/mol. The summed E-state index contributed by atoms with van der Waals surface area (Å²) in [5.41, 5.74) is 0.830. The van der Waals surface area contributed by atoms with Crippen molar-refractivity contribution in [1.82, 2.24) is 9.62 Å². The average Bonchev–Trinajstić information content (AvgIpc) is 3.05. The summed E-state index contributed by atoms with van der Waals surface area (Å²) >= 11 is 0. The van der Waals surface area contributed by atoms with Crippen molar-refractivity contribution in [3.63, 3.8) is 0 Å². The number of likely N-dealkylation sites (N-methyl/N-ethyl adjacent to an activating group) is 1. The zero-order valence-corrected chi connectivity index (χ0v) is 20.4. The van der Waals surface area contributed by atoms with Crippen LogP contribution in [-0.2, 0) is 24.8 Å². The van der Waals surface area contributed by atoms with E-state index in [4.69, 9.17) is 9.47 Å². The van der Waals surface area contributed by atoms with Crippen molar-refractivity contribution in [3.8, 4) is 11.5 Å². The van der Waals surface area contributed by atoms with Crippen LogP contribution in [0.15, 0.2) is 47.4 Å². The summed E-state index contributed by atoms with van der Waals surface area (Å²) in [4.78, 5) is 13.7. The van der Waals surface area contributed by atoms with E-state index in [1.54, 1.807) is 19.2 Å². The third-order valence-corrected chi connectivity index (χ3v) is 8.48. The van der Waals surface area contributed by atoms with E-state index in [0.29, 0.717) is 10.1 Å². The first-order valence-electron chi connectivity index (χ1n) is 10.0. The maximum atomic E-state index is 13.2. The number of methoxy groups -OCH3 is 2. The molecule has 10 nitrogen and oxygen atoms in total. The van der Waals surface area contributed by atoms with Gasteiger partial charge in [-0.25, -0.2) is 25.9 Å². The summed E-state index contributed by atoms with van der Waals surface area (Å²) in [6.07, 6.45) is -0.152. The van der Waals surface area contributed by atoms with Crippen LogP contribution in [-0.4, -0.2) is 68.3 Å². The molecule has 1 saturated heterocycles. The number of nitrogens with one attached hydrogen (secondary N) is 1.